The predicted molar refractivity (Wildman–Crippen MR) is 91.4 cm³/mol. The van der Waals surface area contributed by atoms with Crippen molar-refractivity contribution in [3.05, 3.63) is 54.6 Å². The summed E-state index contributed by atoms with van der Waals surface area (Å²) in [7, 11) is 0. The van der Waals surface area contributed by atoms with Crippen LogP contribution in [0.25, 0.3) is 0 Å². The molecule has 0 aromatic heterocycles. The zero-order valence-electron chi connectivity index (χ0n) is 12.7. The zero-order chi connectivity index (χ0) is 15.5. The van der Waals surface area contributed by atoms with Crippen LogP contribution in [0.5, 0.6) is 0 Å². The molecular formula is C17H18N5O. The standard InChI is InChI=1S/C17H18N5O/c1-2-6-15(7-3-1)22-19-18-14-21(22)17-9-5-4-8-16(17)20-10-12-23-13-11-20/h1-9,19H,10-13H2. The van der Waals surface area contributed by atoms with E-state index in [1.165, 1.54) is 0 Å². The van der Waals surface area contributed by atoms with Gasteiger partial charge in [0.25, 0.3) is 0 Å². The molecule has 2 aliphatic heterocycles. The van der Waals surface area contributed by atoms with Crippen LogP contribution in [-0.4, -0.2) is 32.6 Å². The van der Waals surface area contributed by atoms with Gasteiger partial charge in [-0.1, -0.05) is 30.3 Å². The van der Waals surface area contributed by atoms with Gasteiger partial charge in [-0.25, -0.2) is 5.01 Å². The second kappa shape index (κ2) is 6.18. The molecule has 6 nitrogen and oxygen atoms in total. The van der Waals surface area contributed by atoms with Crippen molar-refractivity contribution in [2.24, 2.45) is 5.10 Å². The number of nitrogens with one attached hydrogen (secondary N) is 1. The van der Waals surface area contributed by atoms with E-state index >= 15 is 0 Å². The molecule has 1 fully saturated rings. The van der Waals surface area contributed by atoms with Gasteiger partial charge >= 0.3 is 0 Å². The van der Waals surface area contributed by atoms with Crippen LogP contribution in [0.1, 0.15) is 0 Å². The van der Waals surface area contributed by atoms with Crippen LogP contribution in [0.2, 0.25) is 0 Å². The highest BCUT2D eigenvalue weighted by molar-refractivity contribution is 5.90. The Morgan fingerprint density at radius 3 is 2.39 bits per heavy atom. The summed E-state index contributed by atoms with van der Waals surface area (Å²) in [5.41, 5.74) is 6.17. The Morgan fingerprint density at radius 1 is 0.913 bits per heavy atom. The molecule has 0 amide bonds. The molecule has 23 heavy (non-hydrogen) atoms. The zero-order valence-corrected chi connectivity index (χ0v) is 12.7. The lowest BCUT2D eigenvalue weighted by Crippen LogP contribution is -2.45. The fraction of sp³-hybridized carbons (Fsp3) is 0.235. The summed E-state index contributed by atoms with van der Waals surface area (Å²) >= 11 is 0. The highest BCUT2D eigenvalue weighted by Crippen LogP contribution is 2.32. The van der Waals surface area contributed by atoms with E-state index in [4.69, 9.17) is 4.74 Å². The first-order valence-corrected chi connectivity index (χ1v) is 7.71. The van der Waals surface area contributed by atoms with Crippen LogP contribution in [0, 0.1) is 0 Å². The minimum atomic E-state index is 0.757. The predicted octanol–water partition coefficient (Wildman–Crippen LogP) is 2.09. The van der Waals surface area contributed by atoms with Gasteiger partial charge in [0, 0.05) is 13.1 Å². The number of hydrogen-bond acceptors (Lipinski definition) is 6. The van der Waals surface area contributed by atoms with Crippen molar-refractivity contribution < 1.29 is 4.74 Å². The summed E-state index contributed by atoms with van der Waals surface area (Å²) in [6.07, 6.45) is 3.02. The number of para-hydroxylation sites is 3. The number of hydrogen-bond donors (Lipinski definition) is 1. The van der Waals surface area contributed by atoms with Crippen LogP contribution in [0.15, 0.2) is 59.7 Å². The van der Waals surface area contributed by atoms with E-state index in [1.54, 1.807) is 0 Å². The van der Waals surface area contributed by atoms with E-state index in [0.717, 1.165) is 43.4 Å². The maximum atomic E-state index is 5.46. The molecular weight excluding hydrogens is 290 g/mol. The maximum Gasteiger partial charge on any atom is 0.222 e. The van der Waals surface area contributed by atoms with Crippen LogP contribution in [0.4, 0.5) is 17.1 Å². The first-order valence-electron chi connectivity index (χ1n) is 7.71. The van der Waals surface area contributed by atoms with Gasteiger partial charge in [0.1, 0.15) is 0 Å². The average molecular weight is 308 g/mol. The summed E-state index contributed by atoms with van der Waals surface area (Å²) in [6, 6.07) is 18.4. The lowest BCUT2D eigenvalue weighted by Gasteiger charge is -2.34. The molecule has 2 aromatic carbocycles. The van der Waals surface area contributed by atoms with Gasteiger partial charge < -0.3 is 9.64 Å². The van der Waals surface area contributed by atoms with Gasteiger partial charge in [-0.3, -0.25) is 0 Å². The van der Waals surface area contributed by atoms with E-state index < -0.39 is 0 Å². The summed E-state index contributed by atoms with van der Waals surface area (Å²) < 4.78 is 5.46. The molecule has 0 saturated carbocycles. The average Bonchev–Trinajstić information content (AvgIpc) is 3.13. The number of nitrogens with zero attached hydrogens (tertiary/aromatic N) is 4. The summed E-state index contributed by atoms with van der Waals surface area (Å²) in [5.74, 6) is 0. The van der Waals surface area contributed by atoms with Gasteiger partial charge in [0.15, 0.2) is 0 Å². The van der Waals surface area contributed by atoms with Crippen molar-refractivity contribution >= 4 is 23.4 Å². The number of anilines is 3. The van der Waals surface area contributed by atoms with Crippen LogP contribution in [0.3, 0.4) is 0 Å². The number of rotatable bonds is 3. The molecule has 1 N–H and O–H groups in total. The molecule has 4 rings (SSSR count). The Labute approximate surface area is 135 Å². The molecule has 0 aliphatic carbocycles. The van der Waals surface area contributed by atoms with E-state index in [-0.39, 0.29) is 0 Å². The third-order valence-electron chi connectivity index (χ3n) is 3.95. The quantitative estimate of drug-likeness (QED) is 0.940. The lowest BCUT2D eigenvalue weighted by atomic mass is 10.2. The summed E-state index contributed by atoms with van der Waals surface area (Å²) in [6.45, 7) is 3.29. The van der Waals surface area contributed by atoms with Crippen molar-refractivity contribution in [3.8, 4) is 0 Å². The fourth-order valence-electron chi connectivity index (χ4n) is 2.83. The number of morpholine rings is 1. The number of benzene rings is 2. The largest absolute Gasteiger partial charge is 0.378 e. The molecule has 0 bridgehead atoms. The Kier molecular flexibility index (Phi) is 3.73. The van der Waals surface area contributed by atoms with Crippen molar-refractivity contribution in [2.45, 2.75) is 0 Å². The summed E-state index contributed by atoms with van der Waals surface area (Å²) in [5, 5.41) is 7.87. The Morgan fingerprint density at radius 2 is 1.61 bits per heavy atom. The Balaban J connectivity index is 1.68. The van der Waals surface area contributed by atoms with Gasteiger partial charge in [-0.05, 0) is 24.3 Å². The molecule has 0 spiro atoms. The first-order chi connectivity index (χ1) is 11.4. The molecule has 0 unspecified atom stereocenters. The van der Waals surface area contributed by atoms with E-state index in [0.29, 0.717) is 0 Å². The molecule has 1 radical (unpaired) electrons. The normalized spacial score (nSPS) is 17.5. The molecule has 2 aliphatic rings. The SMILES string of the molecule is [C]1=NNN(c2ccccc2)N1c1ccccc1N1CCOCC1. The van der Waals surface area contributed by atoms with Gasteiger partial charge in [0.2, 0.25) is 6.34 Å². The molecule has 1 saturated heterocycles. The van der Waals surface area contributed by atoms with Crippen LogP contribution in [-0.2, 0) is 4.74 Å². The van der Waals surface area contributed by atoms with Gasteiger partial charge in [-0.2, -0.15) is 10.7 Å². The number of hydrazine groups is 2. The Bertz CT molecular complexity index is 684. The lowest BCUT2D eigenvalue weighted by molar-refractivity contribution is 0.123. The van der Waals surface area contributed by atoms with Crippen molar-refractivity contribution in [1.29, 1.82) is 0 Å². The van der Waals surface area contributed by atoms with Crippen molar-refractivity contribution in [2.75, 3.05) is 41.3 Å². The highest BCUT2D eigenvalue weighted by Gasteiger charge is 2.25. The summed E-state index contributed by atoms with van der Waals surface area (Å²) in [4.78, 5) is 2.34. The smallest absolute Gasteiger partial charge is 0.222 e. The van der Waals surface area contributed by atoms with E-state index in [1.807, 2.05) is 46.5 Å². The van der Waals surface area contributed by atoms with Crippen LogP contribution >= 0.6 is 0 Å². The number of ether oxygens (including phenoxy) is 1. The minimum absolute atomic E-state index is 0.757. The maximum absolute atomic E-state index is 5.46. The molecule has 6 heteroatoms. The minimum Gasteiger partial charge on any atom is -0.378 e. The highest BCUT2D eigenvalue weighted by atomic mass is 16.5. The van der Waals surface area contributed by atoms with Crippen molar-refractivity contribution in [3.63, 3.8) is 0 Å². The number of hydrazone groups is 1. The monoisotopic (exact) mass is 308 g/mol. The van der Waals surface area contributed by atoms with Gasteiger partial charge in [0.05, 0.1) is 30.3 Å². The third kappa shape index (κ3) is 2.68. The molecule has 2 heterocycles. The molecule has 117 valence electrons. The molecule has 2 aromatic rings. The second-order valence-corrected chi connectivity index (χ2v) is 5.36. The third-order valence-corrected chi connectivity index (χ3v) is 3.95. The van der Waals surface area contributed by atoms with Gasteiger partial charge in [-0.15, -0.1) is 5.10 Å². The topological polar surface area (TPSA) is 43.3 Å². The fourth-order valence-corrected chi connectivity index (χ4v) is 2.83. The second-order valence-electron chi connectivity index (χ2n) is 5.36. The first kappa shape index (κ1) is 13.9. The van der Waals surface area contributed by atoms with Crippen LogP contribution < -0.4 is 20.6 Å². The molecule has 0 atom stereocenters. The van der Waals surface area contributed by atoms with E-state index in [2.05, 4.69) is 40.1 Å². The Hall–Kier alpha value is -2.73. The van der Waals surface area contributed by atoms with Crippen molar-refractivity contribution in [1.82, 2.24) is 5.53 Å². The van der Waals surface area contributed by atoms with E-state index in [9.17, 15) is 0 Å².